The van der Waals surface area contributed by atoms with Crippen LogP contribution >= 0.6 is 31.9 Å². The van der Waals surface area contributed by atoms with Crippen molar-refractivity contribution in [2.24, 2.45) is 0 Å². The number of rotatable bonds is 14. The molecule has 0 saturated heterocycles. The normalized spacial score (nSPS) is 12.0. The monoisotopic (exact) mass is 769 g/mol. The standard InChI is InChI=1S/C35H37Br2N3O5S/c1-4-45-31-18-16-30(17-19-31)40(46(43,44)32-20-14-29(37)15-21-32)24-34(41)39(23-27-10-12-28(36)13-11-27)33(35(42)38-25(2)3)22-26-8-6-5-7-9-26/h5-21,25,33H,4,22-24H2,1-3H3,(H,38,42)/t33-/m1/s1. The SMILES string of the molecule is CCOc1ccc(N(CC(=O)N(Cc2ccc(Br)cc2)[C@H](Cc2ccccc2)C(=O)NC(C)C)S(=O)(=O)c2ccc(Br)cc2)cc1. The summed E-state index contributed by atoms with van der Waals surface area (Å²) in [5.41, 5.74) is 1.94. The molecular weight excluding hydrogens is 734 g/mol. The van der Waals surface area contributed by atoms with Gasteiger partial charge in [0.15, 0.2) is 0 Å². The van der Waals surface area contributed by atoms with Crippen LogP contribution in [0.4, 0.5) is 5.69 Å². The molecule has 0 radical (unpaired) electrons. The number of halogens is 2. The van der Waals surface area contributed by atoms with Gasteiger partial charge in [-0.2, -0.15) is 0 Å². The van der Waals surface area contributed by atoms with Crippen LogP contribution < -0.4 is 14.4 Å². The fraction of sp³-hybridized carbons (Fsp3) is 0.257. The Morgan fingerprint density at radius 2 is 1.39 bits per heavy atom. The number of hydrogen-bond donors (Lipinski definition) is 1. The second-order valence-corrected chi connectivity index (χ2v) is 14.6. The first kappa shape index (κ1) is 35.2. The van der Waals surface area contributed by atoms with E-state index in [2.05, 4.69) is 37.2 Å². The molecule has 2 amide bonds. The van der Waals surface area contributed by atoms with E-state index in [1.807, 2.05) is 75.4 Å². The van der Waals surface area contributed by atoms with E-state index >= 15 is 0 Å². The van der Waals surface area contributed by atoms with Gasteiger partial charge >= 0.3 is 0 Å². The molecule has 0 saturated carbocycles. The highest BCUT2D eigenvalue weighted by atomic mass is 79.9. The summed E-state index contributed by atoms with van der Waals surface area (Å²) in [7, 11) is -4.21. The smallest absolute Gasteiger partial charge is 0.264 e. The molecule has 0 aliphatic carbocycles. The van der Waals surface area contributed by atoms with Crippen molar-refractivity contribution in [3.05, 3.63) is 123 Å². The zero-order valence-electron chi connectivity index (χ0n) is 25.9. The van der Waals surface area contributed by atoms with Gasteiger partial charge in [0.1, 0.15) is 18.3 Å². The molecule has 0 heterocycles. The molecule has 0 bridgehead atoms. The van der Waals surface area contributed by atoms with Gasteiger partial charge in [0.05, 0.1) is 17.2 Å². The molecule has 4 rings (SSSR count). The first-order chi connectivity index (χ1) is 22.0. The molecular formula is C35H37Br2N3O5S. The highest BCUT2D eigenvalue weighted by Gasteiger charge is 2.35. The average Bonchev–Trinajstić information content (AvgIpc) is 3.03. The van der Waals surface area contributed by atoms with Crippen LogP contribution in [0.5, 0.6) is 5.75 Å². The van der Waals surface area contributed by atoms with Crippen LogP contribution in [0.25, 0.3) is 0 Å². The summed E-state index contributed by atoms with van der Waals surface area (Å²) in [6.07, 6.45) is 0.240. The second kappa shape index (κ2) is 16.2. The third kappa shape index (κ3) is 9.43. The average molecular weight is 772 g/mol. The van der Waals surface area contributed by atoms with Gasteiger partial charge in [-0.15, -0.1) is 0 Å². The van der Waals surface area contributed by atoms with Crippen LogP contribution in [0.15, 0.2) is 117 Å². The predicted octanol–water partition coefficient (Wildman–Crippen LogP) is 6.97. The quantitative estimate of drug-likeness (QED) is 0.150. The lowest BCUT2D eigenvalue weighted by Crippen LogP contribution is -2.54. The van der Waals surface area contributed by atoms with Gasteiger partial charge in [0.25, 0.3) is 10.0 Å². The van der Waals surface area contributed by atoms with Crippen molar-refractivity contribution < 1.29 is 22.7 Å². The van der Waals surface area contributed by atoms with E-state index in [1.165, 1.54) is 17.0 Å². The summed E-state index contributed by atoms with van der Waals surface area (Å²) in [5, 5.41) is 2.97. The van der Waals surface area contributed by atoms with Crippen molar-refractivity contribution >= 4 is 59.4 Å². The van der Waals surface area contributed by atoms with Crippen LogP contribution in [0, 0.1) is 0 Å². The fourth-order valence-corrected chi connectivity index (χ4v) is 6.80. The number of hydrogen-bond acceptors (Lipinski definition) is 5. The molecule has 0 aromatic heterocycles. The number of carbonyl (C=O) groups excluding carboxylic acids is 2. The predicted molar refractivity (Wildman–Crippen MR) is 188 cm³/mol. The Kier molecular flexibility index (Phi) is 12.4. The Bertz CT molecular complexity index is 1700. The number of amides is 2. The van der Waals surface area contributed by atoms with Gasteiger partial charge in [-0.25, -0.2) is 8.42 Å². The van der Waals surface area contributed by atoms with Crippen molar-refractivity contribution in [2.75, 3.05) is 17.5 Å². The molecule has 4 aromatic rings. The molecule has 8 nitrogen and oxygen atoms in total. The molecule has 0 aliphatic rings. The van der Waals surface area contributed by atoms with Gasteiger partial charge < -0.3 is 15.0 Å². The number of ether oxygens (including phenoxy) is 1. The van der Waals surface area contributed by atoms with Crippen LogP contribution in [0.1, 0.15) is 31.9 Å². The van der Waals surface area contributed by atoms with Gasteiger partial charge in [0.2, 0.25) is 11.8 Å². The highest BCUT2D eigenvalue weighted by Crippen LogP contribution is 2.28. The van der Waals surface area contributed by atoms with Gasteiger partial charge in [0, 0.05) is 28.0 Å². The Hall–Kier alpha value is -3.67. The molecule has 11 heteroatoms. The third-order valence-corrected chi connectivity index (χ3v) is 9.93. The number of anilines is 1. The largest absolute Gasteiger partial charge is 0.494 e. The first-order valence-corrected chi connectivity index (χ1v) is 17.9. The van der Waals surface area contributed by atoms with Crippen LogP contribution in [-0.4, -0.2) is 50.4 Å². The minimum atomic E-state index is -4.21. The van der Waals surface area contributed by atoms with E-state index in [-0.39, 0.29) is 35.5 Å². The van der Waals surface area contributed by atoms with Crippen molar-refractivity contribution in [3.8, 4) is 5.75 Å². The molecule has 0 aliphatic heterocycles. The lowest BCUT2D eigenvalue weighted by molar-refractivity contribution is -0.140. The summed E-state index contributed by atoms with van der Waals surface area (Å²) in [5.74, 6) is -0.284. The topological polar surface area (TPSA) is 96.0 Å². The van der Waals surface area contributed by atoms with Crippen molar-refractivity contribution in [1.82, 2.24) is 10.2 Å². The first-order valence-electron chi connectivity index (χ1n) is 14.9. The summed E-state index contributed by atoms with van der Waals surface area (Å²) < 4.78 is 36.6. The van der Waals surface area contributed by atoms with E-state index in [0.717, 1.165) is 24.4 Å². The van der Waals surface area contributed by atoms with Crippen molar-refractivity contribution in [3.63, 3.8) is 0 Å². The van der Waals surface area contributed by atoms with Gasteiger partial charge in [-0.3, -0.25) is 13.9 Å². The van der Waals surface area contributed by atoms with Crippen molar-refractivity contribution in [1.29, 1.82) is 0 Å². The van der Waals surface area contributed by atoms with E-state index in [9.17, 15) is 18.0 Å². The van der Waals surface area contributed by atoms with E-state index in [0.29, 0.717) is 12.4 Å². The molecule has 0 unspecified atom stereocenters. The molecule has 46 heavy (non-hydrogen) atoms. The Morgan fingerprint density at radius 3 is 1.96 bits per heavy atom. The van der Waals surface area contributed by atoms with Gasteiger partial charge in [-0.1, -0.05) is 74.3 Å². The maximum atomic E-state index is 14.5. The highest BCUT2D eigenvalue weighted by molar-refractivity contribution is 9.10. The number of carbonyl (C=O) groups is 2. The number of nitrogens with one attached hydrogen (secondary N) is 1. The lowest BCUT2D eigenvalue weighted by Gasteiger charge is -2.34. The summed E-state index contributed by atoms with van der Waals surface area (Å²) >= 11 is 6.82. The zero-order chi connectivity index (χ0) is 33.3. The third-order valence-electron chi connectivity index (χ3n) is 7.08. The number of nitrogens with zero attached hydrogens (tertiary/aromatic N) is 2. The Labute approximate surface area is 288 Å². The minimum Gasteiger partial charge on any atom is -0.494 e. The van der Waals surface area contributed by atoms with Crippen LogP contribution in [-0.2, 0) is 32.6 Å². The molecule has 242 valence electrons. The Morgan fingerprint density at radius 1 is 0.804 bits per heavy atom. The van der Waals surface area contributed by atoms with E-state index < -0.39 is 28.5 Å². The van der Waals surface area contributed by atoms with E-state index in [4.69, 9.17) is 4.74 Å². The maximum Gasteiger partial charge on any atom is 0.264 e. The molecule has 4 aromatic carbocycles. The van der Waals surface area contributed by atoms with Crippen LogP contribution in [0.3, 0.4) is 0 Å². The molecule has 1 atom stereocenters. The van der Waals surface area contributed by atoms with Gasteiger partial charge in [-0.05, 0) is 92.6 Å². The van der Waals surface area contributed by atoms with Crippen molar-refractivity contribution in [2.45, 2.75) is 50.7 Å². The zero-order valence-corrected chi connectivity index (χ0v) is 29.9. The molecule has 1 N–H and O–H groups in total. The lowest BCUT2D eigenvalue weighted by atomic mass is 10.0. The molecule has 0 fully saturated rings. The van der Waals surface area contributed by atoms with E-state index in [1.54, 1.807) is 36.4 Å². The fourth-order valence-electron chi connectivity index (χ4n) is 4.86. The molecule has 0 spiro atoms. The number of sulfonamides is 1. The summed E-state index contributed by atoms with van der Waals surface area (Å²) in [6.45, 7) is 5.57. The summed E-state index contributed by atoms with van der Waals surface area (Å²) in [4.78, 5) is 29.8. The minimum absolute atomic E-state index is 0.0234. The van der Waals surface area contributed by atoms with Crippen LogP contribution in [0.2, 0.25) is 0 Å². The Balaban J connectivity index is 1.80. The number of benzene rings is 4. The summed E-state index contributed by atoms with van der Waals surface area (Å²) in [6, 6.07) is 28.6. The maximum absolute atomic E-state index is 14.5. The second-order valence-electron chi connectivity index (χ2n) is 10.9.